The van der Waals surface area contributed by atoms with E-state index in [0.29, 0.717) is 51.4 Å². The van der Waals surface area contributed by atoms with E-state index in [1.165, 1.54) is 6.92 Å². The van der Waals surface area contributed by atoms with Crippen molar-refractivity contribution in [3.8, 4) is 0 Å². The standard InChI is InChI=1S/C58H90O25/c1-25-43-40(69)42(71)48(76-25)81-44-36(65)29(62)22-74-49(44)83-51(72)58-15-13-52(2,3)17-27(58)26-9-10-33-54(5)18-28(61)46(55(6,24-60)32(54)11-12-57(33,8)56(26,7)14-16-58)82-50-45(39(68)37(66)30(21-59)78-50)80-47-41(70)38(67)31(23-75-47)77-34(63)19-53(4,73)20-35(64)79-43/h9,25,27-33,36-50,59-62,65-71,73H,10-24H2,1-8H3/t25?,27?,28-,29?,30?,31?,32?,33?,36?,37?,38?,39?,40?,41?,42?,43?,44?,45?,46-,47?,48?,49?,50?,53?,54-,55-,56+,57+,58-/m0/s1. The van der Waals surface area contributed by atoms with Gasteiger partial charge in [0.05, 0.1) is 68.6 Å². The Morgan fingerprint density at radius 1 is 0.578 bits per heavy atom. The molecule has 11 fully saturated rings. The Kier molecular flexibility index (Phi) is 17.4. The van der Waals surface area contributed by atoms with Crippen molar-refractivity contribution >= 4 is 17.9 Å². The van der Waals surface area contributed by atoms with Crippen molar-refractivity contribution in [2.24, 2.45) is 50.2 Å². The molecule has 12 heterocycles. The van der Waals surface area contributed by atoms with Crippen LogP contribution in [0.3, 0.4) is 0 Å². The van der Waals surface area contributed by atoms with Gasteiger partial charge in [-0.15, -0.1) is 0 Å². The third-order valence-corrected chi connectivity index (χ3v) is 22.2. The second kappa shape index (κ2) is 22.8. The van der Waals surface area contributed by atoms with Gasteiger partial charge in [-0.25, -0.2) is 0 Å². The molecule has 22 unspecified atom stereocenters. The Balaban J connectivity index is 0.999. The largest absolute Gasteiger partial charge is 0.457 e. The lowest BCUT2D eigenvalue weighted by atomic mass is 9.33. The highest BCUT2D eigenvalue weighted by atomic mass is 16.8. The van der Waals surface area contributed by atoms with Gasteiger partial charge >= 0.3 is 17.9 Å². The second-order valence-electron chi connectivity index (χ2n) is 28.1. The number of carbonyl (C=O) groups is 3. The summed E-state index contributed by atoms with van der Waals surface area (Å²) in [7, 11) is 0. The first-order chi connectivity index (χ1) is 38.8. The zero-order chi connectivity index (χ0) is 60.5. The summed E-state index contributed by atoms with van der Waals surface area (Å²) in [5, 5.41) is 136. The molecule has 0 aromatic carbocycles. The van der Waals surface area contributed by atoms with Gasteiger partial charge < -0.3 is 109 Å². The zero-order valence-electron chi connectivity index (χ0n) is 48.6. The molecule has 7 saturated heterocycles. The van der Waals surface area contributed by atoms with Crippen LogP contribution in [0.15, 0.2) is 11.6 Å². The normalized spacial score (nSPS) is 54.3. The zero-order valence-corrected chi connectivity index (χ0v) is 48.6. The molecule has 29 atom stereocenters. The Labute approximate surface area is 482 Å². The number of esters is 3. The van der Waals surface area contributed by atoms with E-state index in [1.807, 2.05) is 6.92 Å². The summed E-state index contributed by atoms with van der Waals surface area (Å²) in [6.45, 7) is 13.1. The minimum Gasteiger partial charge on any atom is -0.457 e. The third kappa shape index (κ3) is 10.7. The van der Waals surface area contributed by atoms with E-state index in [4.69, 9.17) is 47.4 Å². The monoisotopic (exact) mass is 1190 g/mol. The number of allylic oxidation sites excluding steroid dienone is 2. The van der Waals surface area contributed by atoms with Crippen LogP contribution < -0.4 is 0 Å². The van der Waals surface area contributed by atoms with E-state index in [0.717, 1.165) is 12.5 Å². The number of ether oxygens (including phenoxy) is 10. The highest BCUT2D eigenvalue weighted by molar-refractivity contribution is 5.79. The van der Waals surface area contributed by atoms with Crippen molar-refractivity contribution in [2.75, 3.05) is 26.4 Å². The van der Waals surface area contributed by atoms with Crippen molar-refractivity contribution in [1.29, 1.82) is 0 Å². The summed E-state index contributed by atoms with van der Waals surface area (Å²) in [4.78, 5) is 42.0. The van der Waals surface area contributed by atoms with Gasteiger partial charge in [0.2, 0.25) is 6.29 Å². The maximum absolute atomic E-state index is 15.4. The smallest absolute Gasteiger partial charge is 0.315 e. The lowest BCUT2D eigenvalue weighted by Crippen LogP contribution is -2.70. The highest BCUT2D eigenvalue weighted by Gasteiger charge is 2.72. The lowest BCUT2D eigenvalue weighted by molar-refractivity contribution is -0.377. The van der Waals surface area contributed by atoms with Crippen LogP contribution in [0.4, 0.5) is 0 Å². The summed E-state index contributed by atoms with van der Waals surface area (Å²) in [6.07, 6.45) is -28.1. The quantitative estimate of drug-likeness (QED) is 0.0673. The van der Waals surface area contributed by atoms with Crippen molar-refractivity contribution in [3.05, 3.63) is 11.6 Å². The number of carbonyl (C=O) groups excluding carboxylic acids is 3. The van der Waals surface area contributed by atoms with Gasteiger partial charge in [-0.05, 0) is 111 Å². The van der Waals surface area contributed by atoms with Gasteiger partial charge in [-0.2, -0.15) is 0 Å². The number of hydrogen-bond donors (Lipinski definition) is 12. The number of rotatable bonds is 2. The summed E-state index contributed by atoms with van der Waals surface area (Å²) in [6, 6.07) is 0. The summed E-state index contributed by atoms with van der Waals surface area (Å²) >= 11 is 0. The summed E-state index contributed by atoms with van der Waals surface area (Å²) in [5.41, 5.74) is -5.08. The predicted octanol–water partition coefficient (Wildman–Crippen LogP) is -1.14. The van der Waals surface area contributed by atoms with Gasteiger partial charge in [0.15, 0.2) is 37.2 Å². The molecule has 472 valence electrons. The van der Waals surface area contributed by atoms with Gasteiger partial charge in [0.25, 0.3) is 0 Å². The third-order valence-electron chi connectivity index (χ3n) is 22.2. The fraction of sp³-hybridized carbons (Fsp3) is 0.914. The summed E-state index contributed by atoms with van der Waals surface area (Å²) < 4.78 is 59.8. The molecule has 25 nitrogen and oxygen atoms in total. The Morgan fingerprint density at radius 3 is 1.89 bits per heavy atom. The molecule has 0 aromatic rings. The Hall–Kier alpha value is -2.61. The maximum Gasteiger partial charge on any atom is 0.315 e. The van der Waals surface area contributed by atoms with Crippen molar-refractivity contribution < 1.29 is 123 Å². The molecule has 12 N–H and O–H groups in total. The molecule has 25 heteroatoms. The van der Waals surface area contributed by atoms with Crippen LogP contribution in [0.1, 0.15) is 126 Å². The predicted molar refractivity (Wildman–Crippen MR) is 280 cm³/mol. The van der Waals surface area contributed by atoms with Crippen molar-refractivity contribution in [1.82, 2.24) is 0 Å². The van der Waals surface area contributed by atoms with E-state index in [1.54, 1.807) is 0 Å². The van der Waals surface area contributed by atoms with Crippen LogP contribution in [0.2, 0.25) is 0 Å². The molecule has 0 amide bonds. The molecule has 12 aliphatic heterocycles. The van der Waals surface area contributed by atoms with E-state index >= 15 is 4.79 Å². The molecule has 0 radical (unpaired) electrons. The van der Waals surface area contributed by atoms with Crippen LogP contribution in [0.5, 0.6) is 0 Å². The topological polar surface area (TPSA) is 386 Å². The van der Waals surface area contributed by atoms with Crippen LogP contribution in [0.25, 0.3) is 0 Å². The average Bonchev–Trinajstić information content (AvgIpc) is 0.902. The molecular weight excluding hydrogens is 1100 g/mol. The Bertz CT molecular complexity index is 2430. The van der Waals surface area contributed by atoms with E-state index < -0.39 is 213 Å². The van der Waals surface area contributed by atoms with Crippen LogP contribution in [-0.4, -0.2) is 234 Å². The summed E-state index contributed by atoms with van der Waals surface area (Å²) in [5.74, 6) is -3.60. The van der Waals surface area contributed by atoms with E-state index in [2.05, 4.69) is 40.7 Å². The molecular formula is C58H90O25. The van der Waals surface area contributed by atoms with Gasteiger partial charge in [-0.1, -0.05) is 53.2 Å². The molecule has 83 heavy (non-hydrogen) atoms. The Morgan fingerprint density at radius 2 is 1.20 bits per heavy atom. The van der Waals surface area contributed by atoms with Crippen molar-refractivity contribution in [3.63, 3.8) is 0 Å². The maximum atomic E-state index is 15.4. The van der Waals surface area contributed by atoms with Crippen molar-refractivity contribution in [2.45, 2.75) is 254 Å². The number of hydrogen-bond acceptors (Lipinski definition) is 25. The SMILES string of the molecule is CC1OC2OC3C(OCC(O)C3O)OC(=O)[C@]34CCC(C)(C)CC3C3=CCC5[C@@]6(C)C[C@H](O)[C@H](OC7OC(CO)C(O)C(O)C7OC7OCC(OC(=O)CC(C)(O)CC(=O)OC1C(O)C2O)C(O)C7O)[C@@](C)(CO)C6CC[C@@]5(C)[C@]3(C)CC4. The fourth-order valence-corrected chi connectivity index (χ4v) is 17.3. The molecule has 0 aromatic heterocycles. The molecule has 17 aliphatic rings. The van der Waals surface area contributed by atoms with Gasteiger partial charge in [0, 0.05) is 5.41 Å². The molecule has 12 bridgehead atoms. The van der Waals surface area contributed by atoms with Crippen LogP contribution >= 0.6 is 0 Å². The molecule has 1 spiro atoms. The molecule has 17 rings (SSSR count). The minimum absolute atomic E-state index is 0.0735. The van der Waals surface area contributed by atoms with Gasteiger partial charge in [-0.3, -0.25) is 14.4 Å². The average molecular weight is 1190 g/mol. The second-order valence-corrected chi connectivity index (χ2v) is 28.1. The van der Waals surface area contributed by atoms with Crippen LogP contribution in [0, 0.1) is 50.2 Å². The first kappa shape index (κ1) is 63.4. The van der Waals surface area contributed by atoms with E-state index in [9.17, 15) is 70.9 Å². The first-order valence-electron chi connectivity index (χ1n) is 29.7. The first-order valence-corrected chi connectivity index (χ1v) is 29.7. The number of aliphatic hydroxyl groups excluding tert-OH is 11. The molecule has 4 saturated carbocycles. The minimum atomic E-state index is -2.19. The lowest BCUT2D eigenvalue weighted by Gasteiger charge is -2.72. The highest BCUT2D eigenvalue weighted by Crippen LogP contribution is 2.76. The number of aliphatic hydroxyl groups is 12. The fourth-order valence-electron chi connectivity index (χ4n) is 17.3. The molecule has 5 aliphatic carbocycles. The van der Waals surface area contributed by atoms with Crippen LogP contribution in [-0.2, 0) is 61.8 Å². The van der Waals surface area contributed by atoms with Gasteiger partial charge in [0.1, 0.15) is 61.0 Å². The van der Waals surface area contributed by atoms with E-state index in [-0.39, 0.29) is 29.6 Å².